The Balaban J connectivity index is 0.00000289. The number of nitrogens with zero attached hydrogens (tertiary/aromatic N) is 3. The second kappa shape index (κ2) is 12.0. The van der Waals surface area contributed by atoms with Crippen molar-refractivity contribution in [1.82, 2.24) is 9.88 Å². The van der Waals surface area contributed by atoms with Crippen LogP contribution < -0.4 is 16.0 Å². The van der Waals surface area contributed by atoms with E-state index in [2.05, 4.69) is 15.1 Å². The van der Waals surface area contributed by atoms with Crippen molar-refractivity contribution in [2.45, 2.75) is 44.7 Å². The van der Waals surface area contributed by atoms with Gasteiger partial charge in [-0.05, 0) is 36.6 Å². The highest BCUT2D eigenvalue weighted by molar-refractivity contribution is 7.21. The Bertz CT molecular complexity index is 1120. The minimum absolute atomic E-state index is 0. The van der Waals surface area contributed by atoms with Crippen LogP contribution >= 0.6 is 46.7 Å². The fraction of sp³-hybridized carbons (Fsp3) is 0.440. The van der Waals surface area contributed by atoms with Gasteiger partial charge in [-0.1, -0.05) is 54.3 Å². The van der Waals surface area contributed by atoms with Gasteiger partial charge in [0, 0.05) is 49.7 Å². The lowest BCUT2D eigenvalue weighted by Gasteiger charge is -2.41. The van der Waals surface area contributed by atoms with E-state index in [1.165, 1.54) is 32.1 Å². The molecule has 0 bridgehead atoms. The van der Waals surface area contributed by atoms with Crippen LogP contribution in [0, 0.1) is 0 Å². The van der Waals surface area contributed by atoms with Gasteiger partial charge in [0.1, 0.15) is 10.7 Å². The molecule has 2 aromatic heterocycles. The van der Waals surface area contributed by atoms with E-state index < -0.39 is 0 Å². The highest BCUT2D eigenvalue weighted by atomic mass is 35.5. The number of rotatable bonds is 6. The molecule has 188 valence electrons. The predicted octanol–water partition coefficient (Wildman–Crippen LogP) is 6.11. The van der Waals surface area contributed by atoms with Crippen molar-refractivity contribution < 1.29 is 4.79 Å². The first kappa shape index (κ1) is 26.4. The summed E-state index contributed by atoms with van der Waals surface area (Å²) in [5, 5.41) is 7.36. The van der Waals surface area contributed by atoms with Gasteiger partial charge in [0.15, 0.2) is 5.13 Å². The third kappa shape index (κ3) is 6.18. The molecule has 0 unspecified atom stereocenters. The summed E-state index contributed by atoms with van der Waals surface area (Å²) in [6.45, 7) is 4.54. The molecule has 3 N–H and O–H groups in total. The van der Waals surface area contributed by atoms with Gasteiger partial charge in [0.25, 0.3) is 5.91 Å². The van der Waals surface area contributed by atoms with Crippen LogP contribution in [0.4, 0.5) is 10.1 Å². The molecular weight excluding hydrogens is 521 g/mol. The summed E-state index contributed by atoms with van der Waals surface area (Å²) in [6, 6.07) is 10.1. The third-order valence-corrected chi connectivity index (χ3v) is 9.09. The zero-order valence-electron chi connectivity index (χ0n) is 19.5. The minimum atomic E-state index is -0.165. The van der Waals surface area contributed by atoms with E-state index in [1.807, 2.05) is 23.6 Å². The number of aromatic nitrogens is 1. The summed E-state index contributed by atoms with van der Waals surface area (Å²) >= 11 is 9.37. The van der Waals surface area contributed by atoms with E-state index in [4.69, 9.17) is 22.3 Å². The molecule has 10 heteroatoms. The fourth-order valence-electron chi connectivity index (χ4n) is 4.88. The van der Waals surface area contributed by atoms with Crippen LogP contribution in [0.3, 0.4) is 0 Å². The molecule has 1 saturated heterocycles. The van der Waals surface area contributed by atoms with Crippen molar-refractivity contribution >= 4 is 62.7 Å². The van der Waals surface area contributed by atoms with Crippen LogP contribution in [0.5, 0.6) is 0 Å². The average Bonchev–Trinajstić information content (AvgIpc) is 3.51. The topological polar surface area (TPSA) is 74.5 Å². The quantitative estimate of drug-likeness (QED) is 0.386. The first-order chi connectivity index (χ1) is 16.6. The molecule has 1 aliphatic carbocycles. The highest BCUT2D eigenvalue weighted by Gasteiger charge is 2.28. The Kier molecular flexibility index (Phi) is 9.07. The van der Waals surface area contributed by atoms with E-state index in [0.29, 0.717) is 22.3 Å². The number of hydrogen-bond acceptors (Lipinski definition) is 7. The van der Waals surface area contributed by atoms with Gasteiger partial charge in [-0.15, -0.1) is 23.7 Å². The summed E-state index contributed by atoms with van der Waals surface area (Å²) in [5.74, 6) is -0.165. The lowest BCUT2D eigenvalue weighted by atomic mass is 9.94. The monoisotopic (exact) mass is 551 g/mol. The normalized spacial score (nSPS) is 17.3. The van der Waals surface area contributed by atoms with Gasteiger partial charge in [-0.2, -0.15) is 0 Å². The molecule has 1 aromatic carbocycles. The second-order valence-corrected chi connectivity index (χ2v) is 11.3. The van der Waals surface area contributed by atoms with Crippen molar-refractivity contribution in [3.05, 3.63) is 51.9 Å². The number of hydrogen-bond donors (Lipinski definition) is 2. The van der Waals surface area contributed by atoms with Crippen LogP contribution in [0.15, 0.2) is 35.7 Å². The maximum atomic E-state index is 12.9. The van der Waals surface area contributed by atoms with Gasteiger partial charge >= 0.3 is 0 Å². The number of halogens is 2. The third-order valence-electron chi connectivity index (χ3n) is 6.77. The van der Waals surface area contributed by atoms with E-state index in [1.54, 1.807) is 34.8 Å². The van der Waals surface area contributed by atoms with E-state index in [-0.39, 0.29) is 18.3 Å². The largest absolute Gasteiger partial charge is 0.359 e. The number of carbonyl (C=O) groups is 1. The summed E-state index contributed by atoms with van der Waals surface area (Å²) in [7, 11) is 0. The number of amides is 1. The standard InChI is InChI=1S/C25H30ClN5OS2.ClH/c26-19-14-21(33-16-19)22-24(31-12-10-30(11-13-31)20-4-2-1-3-5-20)34-25(28-22)29-23(32)18-8-6-17(15-27)7-9-18;/h6-9,14,16,20H,1-5,10-13,15,27H2,(H,28,29,32);1H. The predicted molar refractivity (Wildman–Crippen MR) is 151 cm³/mol. The number of anilines is 2. The first-order valence-electron chi connectivity index (χ1n) is 12.0. The van der Waals surface area contributed by atoms with Gasteiger partial charge in [-0.25, -0.2) is 4.98 Å². The van der Waals surface area contributed by atoms with Gasteiger partial charge < -0.3 is 10.6 Å². The van der Waals surface area contributed by atoms with E-state index in [9.17, 15) is 4.79 Å². The van der Waals surface area contributed by atoms with E-state index in [0.717, 1.165) is 53.4 Å². The average molecular weight is 553 g/mol. The highest BCUT2D eigenvalue weighted by Crippen LogP contribution is 2.42. The van der Waals surface area contributed by atoms with Crippen molar-refractivity contribution in [3.8, 4) is 10.6 Å². The molecule has 1 aliphatic heterocycles. The SMILES string of the molecule is Cl.NCc1ccc(C(=O)Nc2nc(-c3cc(Cl)cs3)c(N3CCN(C4CCCCC4)CC3)s2)cc1. The molecule has 1 amide bonds. The number of carbonyl (C=O) groups excluding carboxylic acids is 1. The summed E-state index contributed by atoms with van der Waals surface area (Å²) in [6.07, 6.45) is 6.78. The molecule has 5 rings (SSSR count). The number of thiazole rings is 1. The maximum Gasteiger partial charge on any atom is 0.257 e. The van der Waals surface area contributed by atoms with Crippen molar-refractivity contribution in [1.29, 1.82) is 0 Å². The Morgan fingerprint density at radius 1 is 1.11 bits per heavy atom. The molecule has 0 radical (unpaired) electrons. The van der Waals surface area contributed by atoms with Crippen molar-refractivity contribution in [2.24, 2.45) is 5.73 Å². The van der Waals surface area contributed by atoms with Crippen LogP contribution in [0.1, 0.15) is 48.0 Å². The van der Waals surface area contributed by atoms with Crippen LogP contribution in [0.25, 0.3) is 10.6 Å². The Hall–Kier alpha value is -1.68. The molecule has 3 aromatic rings. The Morgan fingerprint density at radius 3 is 2.46 bits per heavy atom. The molecule has 2 aliphatic rings. The molecule has 0 spiro atoms. The second-order valence-electron chi connectivity index (χ2n) is 8.97. The molecule has 6 nitrogen and oxygen atoms in total. The van der Waals surface area contributed by atoms with Crippen LogP contribution in [-0.4, -0.2) is 48.0 Å². The smallest absolute Gasteiger partial charge is 0.257 e. The summed E-state index contributed by atoms with van der Waals surface area (Å²) < 4.78 is 0. The molecule has 3 heterocycles. The minimum Gasteiger partial charge on any atom is -0.359 e. The number of piperazine rings is 1. The van der Waals surface area contributed by atoms with Gasteiger partial charge in [0.2, 0.25) is 0 Å². The zero-order valence-corrected chi connectivity index (χ0v) is 22.7. The fourth-order valence-corrected chi connectivity index (χ4v) is 7.03. The molecule has 35 heavy (non-hydrogen) atoms. The zero-order chi connectivity index (χ0) is 23.5. The number of nitrogens with one attached hydrogen (secondary N) is 1. The molecular formula is C25H31Cl2N5OS2. The number of benzene rings is 1. The number of nitrogens with two attached hydrogens (primary N) is 1. The Morgan fingerprint density at radius 2 is 1.83 bits per heavy atom. The van der Waals surface area contributed by atoms with Crippen LogP contribution in [-0.2, 0) is 6.54 Å². The van der Waals surface area contributed by atoms with E-state index >= 15 is 0 Å². The first-order valence-corrected chi connectivity index (χ1v) is 14.0. The Labute approximate surface area is 225 Å². The van der Waals surface area contributed by atoms with Gasteiger partial charge in [-0.3, -0.25) is 15.0 Å². The van der Waals surface area contributed by atoms with Crippen molar-refractivity contribution in [2.75, 3.05) is 36.4 Å². The number of thiophene rings is 1. The molecule has 1 saturated carbocycles. The molecule has 2 fully saturated rings. The summed E-state index contributed by atoms with van der Waals surface area (Å²) in [5.41, 5.74) is 8.17. The van der Waals surface area contributed by atoms with Crippen molar-refractivity contribution in [3.63, 3.8) is 0 Å². The van der Waals surface area contributed by atoms with Crippen LogP contribution in [0.2, 0.25) is 5.02 Å². The van der Waals surface area contributed by atoms with Gasteiger partial charge in [0.05, 0.1) is 9.90 Å². The lowest BCUT2D eigenvalue weighted by molar-refractivity contribution is 0.102. The summed E-state index contributed by atoms with van der Waals surface area (Å²) in [4.78, 5) is 23.8. The lowest BCUT2D eigenvalue weighted by Crippen LogP contribution is -2.50. The molecule has 0 atom stereocenters. The maximum absolute atomic E-state index is 12.9.